The molecule has 0 spiro atoms. The molecule has 1 aliphatic heterocycles. The summed E-state index contributed by atoms with van der Waals surface area (Å²) in [5.41, 5.74) is -0.526. The van der Waals surface area contributed by atoms with E-state index in [2.05, 4.69) is 13.8 Å². The van der Waals surface area contributed by atoms with Crippen LogP contribution in [0.2, 0.25) is 0 Å². The zero-order valence-corrected chi connectivity index (χ0v) is 11.6. The number of hydrogen-bond donors (Lipinski definition) is 0. The molecule has 1 heterocycles. The normalized spacial score (nSPS) is 18.9. The summed E-state index contributed by atoms with van der Waals surface area (Å²) in [6.07, 6.45) is -2.21. The van der Waals surface area contributed by atoms with Crippen molar-refractivity contribution in [2.45, 2.75) is 32.9 Å². The van der Waals surface area contributed by atoms with Crippen LogP contribution in [0.15, 0.2) is 18.2 Å². The molecular weight excluding hydrogens is 267 g/mol. The van der Waals surface area contributed by atoms with E-state index in [1.54, 1.807) is 6.07 Å². The number of rotatable bonds is 2. The van der Waals surface area contributed by atoms with Gasteiger partial charge in [0.1, 0.15) is 0 Å². The summed E-state index contributed by atoms with van der Waals surface area (Å²) in [5, 5.41) is 0. The molecule has 0 saturated carbocycles. The summed E-state index contributed by atoms with van der Waals surface area (Å²) >= 11 is 0. The van der Waals surface area contributed by atoms with Gasteiger partial charge in [0.2, 0.25) is 0 Å². The predicted molar refractivity (Wildman–Crippen MR) is 72.1 cm³/mol. The highest BCUT2D eigenvalue weighted by molar-refractivity contribution is 5.79. The number of halogens is 3. The number of aldehydes is 1. The van der Waals surface area contributed by atoms with Crippen molar-refractivity contribution in [3.63, 3.8) is 0 Å². The molecule has 1 saturated heterocycles. The van der Waals surface area contributed by atoms with E-state index in [9.17, 15) is 18.0 Å². The molecule has 20 heavy (non-hydrogen) atoms. The van der Waals surface area contributed by atoms with Crippen LogP contribution in [0, 0.1) is 5.41 Å². The average molecular weight is 285 g/mol. The third kappa shape index (κ3) is 3.14. The summed E-state index contributed by atoms with van der Waals surface area (Å²) in [6.45, 7) is 5.71. The fraction of sp³-hybridized carbons (Fsp3) is 0.533. The number of piperidine rings is 1. The number of nitrogens with zero attached hydrogens (tertiary/aromatic N) is 1. The maximum absolute atomic E-state index is 13.0. The Kier molecular flexibility index (Phi) is 3.80. The smallest absolute Gasteiger partial charge is 0.371 e. The van der Waals surface area contributed by atoms with Crippen molar-refractivity contribution in [3.8, 4) is 0 Å². The molecule has 0 aliphatic carbocycles. The van der Waals surface area contributed by atoms with Gasteiger partial charge < -0.3 is 4.90 Å². The maximum atomic E-state index is 13.0. The summed E-state index contributed by atoms with van der Waals surface area (Å²) in [6, 6.07) is 3.94. The molecule has 0 amide bonds. The minimum absolute atomic E-state index is 0.0972. The van der Waals surface area contributed by atoms with Gasteiger partial charge in [0, 0.05) is 24.3 Å². The first-order valence-corrected chi connectivity index (χ1v) is 6.64. The highest BCUT2D eigenvalue weighted by atomic mass is 19.4. The molecule has 0 unspecified atom stereocenters. The first-order chi connectivity index (χ1) is 9.23. The van der Waals surface area contributed by atoms with Gasteiger partial charge in [-0.05, 0) is 36.5 Å². The van der Waals surface area contributed by atoms with Crippen LogP contribution in [0.5, 0.6) is 0 Å². The second-order valence-electron chi connectivity index (χ2n) is 6.08. The lowest BCUT2D eigenvalue weighted by atomic mass is 9.84. The van der Waals surface area contributed by atoms with Gasteiger partial charge in [-0.3, -0.25) is 4.79 Å². The van der Waals surface area contributed by atoms with Crippen molar-refractivity contribution < 1.29 is 18.0 Å². The van der Waals surface area contributed by atoms with Gasteiger partial charge in [-0.25, -0.2) is 0 Å². The van der Waals surface area contributed by atoms with Crippen LogP contribution in [-0.4, -0.2) is 19.4 Å². The Labute approximate surface area is 116 Å². The number of benzene rings is 1. The van der Waals surface area contributed by atoms with Crippen LogP contribution in [0.3, 0.4) is 0 Å². The van der Waals surface area contributed by atoms with Gasteiger partial charge in [0.25, 0.3) is 0 Å². The molecule has 1 aliphatic rings. The maximum Gasteiger partial charge on any atom is 0.417 e. The Bertz CT molecular complexity index is 508. The molecule has 0 radical (unpaired) electrons. The SMILES string of the molecule is CC1(C)CCCN(c2ccc(C=O)c(C(F)(F)F)c2)C1. The van der Waals surface area contributed by atoms with E-state index < -0.39 is 11.7 Å². The van der Waals surface area contributed by atoms with E-state index >= 15 is 0 Å². The Morgan fingerprint density at radius 3 is 2.55 bits per heavy atom. The van der Waals surface area contributed by atoms with Crippen molar-refractivity contribution in [2.75, 3.05) is 18.0 Å². The van der Waals surface area contributed by atoms with Crippen LogP contribution in [0.1, 0.15) is 42.6 Å². The molecular formula is C15H18F3NO. The molecule has 1 fully saturated rings. The fourth-order valence-corrected chi connectivity index (χ4v) is 2.73. The molecule has 0 aromatic heterocycles. The minimum atomic E-state index is -4.50. The average Bonchev–Trinajstić information content (AvgIpc) is 2.35. The Morgan fingerprint density at radius 2 is 2.00 bits per heavy atom. The van der Waals surface area contributed by atoms with Gasteiger partial charge in [-0.2, -0.15) is 13.2 Å². The lowest BCUT2D eigenvalue weighted by Crippen LogP contribution is -2.40. The third-order valence-corrected chi connectivity index (χ3v) is 3.73. The van der Waals surface area contributed by atoms with Gasteiger partial charge in [-0.15, -0.1) is 0 Å². The minimum Gasteiger partial charge on any atom is -0.371 e. The van der Waals surface area contributed by atoms with Gasteiger partial charge in [0.05, 0.1) is 5.56 Å². The zero-order chi connectivity index (χ0) is 15.0. The number of hydrogen-bond acceptors (Lipinski definition) is 2. The topological polar surface area (TPSA) is 20.3 Å². The largest absolute Gasteiger partial charge is 0.417 e. The van der Waals surface area contributed by atoms with Gasteiger partial charge in [0.15, 0.2) is 6.29 Å². The van der Waals surface area contributed by atoms with Crippen LogP contribution in [0.4, 0.5) is 18.9 Å². The summed E-state index contributed by atoms with van der Waals surface area (Å²) in [5.74, 6) is 0. The van der Waals surface area contributed by atoms with E-state index in [-0.39, 0.29) is 17.3 Å². The number of anilines is 1. The number of carbonyl (C=O) groups is 1. The van der Waals surface area contributed by atoms with Crippen LogP contribution < -0.4 is 4.90 Å². The van der Waals surface area contributed by atoms with E-state index in [0.29, 0.717) is 5.69 Å². The molecule has 5 heteroatoms. The monoisotopic (exact) mass is 285 g/mol. The van der Waals surface area contributed by atoms with Gasteiger partial charge >= 0.3 is 6.18 Å². The first kappa shape index (κ1) is 14.9. The second kappa shape index (κ2) is 5.11. The fourth-order valence-electron chi connectivity index (χ4n) is 2.73. The van der Waals surface area contributed by atoms with Crippen LogP contribution in [0.25, 0.3) is 0 Å². The van der Waals surface area contributed by atoms with Gasteiger partial charge in [-0.1, -0.05) is 13.8 Å². The first-order valence-electron chi connectivity index (χ1n) is 6.64. The van der Waals surface area contributed by atoms with Crippen LogP contribution in [-0.2, 0) is 6.18 Å². The lowest BCUT2D eigenvalue weighted by molar-refractivity contribution is -0.137. The molecule has 1 aromatic carbocycles. The molecule has 0 bridgehead atoms. The summed E-state index contributed by atoms with van der Waals surface area (Å²) in [7, 11) is 0. The quantitative estimate of drug-likeness (QED) is 0.761. The molecule has 2 nitrogen and oxygen atoms in total. The standard InChI is InChI=1S/C15H18F3NO/c1-14(2)6-3-7-19(10-14)12-5-4-11(9-20)13(8-12)15(16,17)18/h4-5,8-9H,3,6-7,10H2,1-2H3. The van der Waals surface area contributed by atoms with Crippen molar-refractivity contribution >= 4 is 12.0 Å². The lowest BCUT2D eigenvalue weighted by Gasteiger charge is -2.39. The van der Waals surface area contributed by atoms with E-state index in [4.69, 9.17) is 0 Å². The van der Waals surface area contributed by atoms with E-state index in [1.165, 1.54) is 6.07 Å². The zero-order valence-electron chi connectivity index (χ0n) is 11.6. The van der Waals surface area contributed by atoms with E-state index in [1.807, 2.05) is 4.90 Å². The Hall–Kier alpha value is -1.52. The highest BCUT2D eigenvalue weighted by Gasteiger charge is 2.34. The van der Waals surface area contributed by atoms with Crippen molar-refractivity contribution in [3.05, 3.63) is 29.3 Å². The highest BCUT2D eigenvalue weighted by Crippen LogP contribution is 2.36. The number of alkyl halides is 3. The van der Waals surface area contributed by atoms with Crippen LogP contribution >= 0.6 is 0 Å². The summed E-state index contributed by atoms with van der Waals surface area (Å²) in [4.78, 5) is 12.7. The molecule has 0 N–H and O–H groups in total. The van der Waals surface area contributed by atoms with Crippen molar-refractivity contribution in [1.82, 2.24) is 0 Å². The molecule has 0 atom stereocenters. The summed E-state index contributed by atoms with van der Waals surface area (Å²) < 4.78 is 38.9. The predicted octanol–water partition coefficient (Wildman–Crippen LogP) is 4.14. The van der Waals surface area contributed by atoms with Crippen molar-refractivity contribution in [1.29, 1.82) is 0 Å². The van der Waals surface area contributed by atoms with E-state index in [0.717, 1.165) is 32.0 Å². The van der Waals surface area contributed by atoms with Crippen molar-refractivity contribution in [2.24, 2.45) is 5.41 Å². The Morgan fingerprint density at radius 1 is 1.30 bits per heavy atom. The second-order valence-corrected chi connectivity index (χ2v) is 6.08. The number of carbonyl (C=O) groups excluding carboxylic acids is 1. The molecule has 110 valence electrons. The molecule has 1 aromatic rings. The molecule has 2 rings (SSSR count). The Balaban J connectivity index is 2.36. The third-order valence-electron chi connectivity index (χ3n) is 3.73.